The van der Waals surface area contributed by atoms with Crippen molar-refractivity contribution < 1.29 is 4.39 Å². The molecule has 0 spiro atoms. The van der Waals surface area contributed by atoms with Crippen LogP contribution in [-0.4, -0.2) is 0 Å². The number of hydrogen-bond donors (Lipinski definition) is 0. The maximum atomic E-state index is 12.6. The Morgan fingerprint density at radius 3 is 1.82 bits per heavy atom. The fourth-order valence-corrected chi connectivity index (χ4v) is 1.15. The van der Waals surface area contributed by atoms with E-state index in [-0.39, 0.29) is 5.82 Å². The van der Waals surface area contributed by atoms with Crippen molar-refractivity contribution in [2.24, 2.45) is 0 Å². The van der Waals surface area contributed by atoms with Gasteiger partial charge in [-0.3, -0.25) is 0 Å². The Labute approximate surface area is 64.6 Å². The monoisotopic (exact) mass is 146 g/mol. The van der Waals surface area contributed by atoms with E-state index in [0.717, 1.165) is 11.1 Å². The Morgan fingerprint density at radius 1 is 0.727 bits per heavy atom. The van der Waals surface area contributed by atoms with Gasteiger partial charge in [-0.1, -0.05) is 30.3 Å². The van der Waals surface area contributed by atoms with Gasteiger partial charge in [-0.05, 0) is 23.3 Å². The second-order valence-electron chi connectivity index (χ2n) is 2.49. The molecule has 0 aromatic carbocycles. The molecule has 2 aliphatic rings. The van der Waals surface area contributed by atoms with Crippen molar-refractivity contribution in [1.29, 1.82) is 0 Å². The predicted molar refractivity (Wildman–Crippen MR) is 43.0 cm³/mol. The lowest BCUT2D eigenvalue weighted by Crippen LogP contribution is -1.59. The Kier molecular flexibility index (Phi) is 1.35. The van der Waals surface area contributed by atoms with Crippen LogP contribution in [0.15, 0.2) is 42.5 Å². The molecule has 0 nitrogen and oxygen atoms in total. The third-order valence-electron chi connectivity index (χ3n) is 1.73. The Morgan fingerprint density at radius 2 is 1.27 bits per heavy atom. The molecule has 0 atom stereocenters. The molecule has 2 rings (SSSR count). The van der Waals surface area contributed by atoms with Crippen LogP contribution >= 0.6 is 0 Å². The van der Waals surface area contributed by atoms with E-state index in [4.69, 9.17) is 0 Å². The molecule has 0 fully saturated rings. The molecular weight excluding hydrogens is 139 g/mol. The van der Waals surface area contributed by atoms with Crippen LogP contribution in [0, 0.1) is 5.82 Å². The molecule has 0 radical (unpaired) electrons. The minimum atomic E-state index is -0.193. The average Bonchev–Trinajstić information content (AvgIpc) is 2.38. The van der Waals surface area contributed by atoms with Gasteiger partial charge in [-0.2, -0.15) is 0 Å². The molecule has 0 heterocycles. The van der Waals surface area contributed by atoms with Gasteiger partial charge in [0.05, 0.1) is 0 Å². The Bertz CT molecular complexity index is 310. The predicted octanol–water partition coefficient (Wildman–Crippen LogP) is 2.93. The van der Waals surface area contributed by atoms with Crippen molar-refractivity contribution in [3.8, 4) is 11.1 Å². The fourth-order valence-electron chi connectivity index (χ4n) is 1.15. The van der Waals surface area contributed by atoms with Crippen molar-refractivity contribution in [3.63, 3.8) is 0 Å². The highest BCUT2D eigenvalue weighted by molar-refractivity contribution is 5.65. The van der Waals surface area contributed by atoms with Gasteiger partial charge in [-0.15, -0.1) is 0 Å². The third-order valence-corrected chi connectivity index (χ3v) is 1.73. The summed E-state index contributed by atoms with van der Waals surface area (Å²) in [7, 11) is 0. The lowest BCUT2D eigenvalue weighted by Gasteiger charge is -1.85. The van der Waals surface area contributed by atoms with Gasteiger partial charge in [-0.25, -0.2) is 4.39 Å². The van der Waals surface area contributed by atoms with Gasteiger partial charge in [0.25, 0.3) is 0 Å². The molecule has 54 valence electrons. The van der Waals surface area contributed by atoms with E-state index in [1.54, 1.807) is 12.1 Å². The third kappa shape index (κ3) is 1.09. The topological polar surface area (TPSA) is 0 Å². The molecule has 11 heavy (non-hydrogen) atoms. The van der Waals surface area contributed by atoms with Crippen LogP contribution in [-0.2, 0) is 0 Å². The van der Waals surface area contributed by atoms with Gasteiger partial charge < -0.3 is 0 Å². The Hall–Kier alpha value is -1.37. The first-order chi connectivity index (χ1) is 5.36. The molecule has 0 amide bonds. The van der Waals surface area contributed by atoms with Crippen molar-refractivity contribution in [2.75, 3.05) is 0 Å². The zero-order valence-corrected chi connectivity index (χ0v) is 5.92. The van der Waals surface area contributed by atoms with E-state index >= 15 is 0 Å². The highest BCUT2D eigenvalue weighted by Crippen LogP contribution is 2.20. The second kappa shape index (κ2) is 2.35. The first-order valence-corrected chi connectivity index (χ1v) is 3.50. The summed E-state index contributed by atoms with van der Waals surface area (Å²) in [6.45, 7) is 0. The van der Waals surface area contributed by atoms with E-state index in [2.05, 4.69) is 0 Å². The van der Waals surface area contributed by atoms with Crippen LogP contribution in [0.4, 0.5) is 4.39 Å². The largest absolute Gasteiger partial charge is 0.207 e. The van der Waals surface area contributed by atoms with Crippen molar-refractivity contribution >= 4 is 0 Å². The van der Waals surface area contributed by atoms with Crippen LogP contribution in [0.1, 0.15) is 0 Å². The molecule has 0 bridgehead atoms. The van der Waals surface area contributed by atoms with Gasteiger partial charge in [0.2, 0.25) is 0 Å². The highest BCUT2D eigenvalue weighted by Gasteiger charge is 1.97. The molecule has 0 aromatic rings. The quantitative estimate of drug-likeness (QED) is 0.536. The average molecular weight is 146 g/mol. The molecule has 0 unspecified atom stereocenters. The molecule has 1 heteroatoms. The maximum Gasteiger partial charge on any atom is 0.123 e. The van der Waals surface area contributed by atoms with E-state index in [1.807, 2.05) is 18.2 Å². The lowest BCUT2D eigenvalue weighted by atomic mass is 10.2. The number of fused-ring (bicyclic) bond motifs is 1. The molecule has 0 saturated carbocycles. The molecule has 2 aliphatic carbocycles. The van der Waals surface area contributed by atoms with Crippen LogP contribution < -0.4 is 0 Å². The standard InChI is InChI=1S/C10H7F/c11-10-6-4-8-2-1-3-9(8)5-7-10/h1-7H. The summed E-state index contributed by atoms with van der Waals surface area (Å²) >= 11 is 0. The maximum absolute atomic E-state index is 12.6. The van der Waals surface area contributed by atoms with E-state index < -0.39 is 0 Å². The summed E-state index contributed by atoms with van der Waals surface area (Å²) in [5, 5.41) is 0. The molecule has 0 aromatic heterocycles. The summed E-state index contributed by atoms with van der Waals surface area (Å²) < 4.78 is 12.6. The highest BCUT2D eigenvalue weighted by atomic mass is 19.1. The number of halogens is 1. The summed E-state index contributed by atoms with van der Waals surface area (Å²) in [5.41, 5.74) is 2.16. The van der Waals surface area contributed by atoms with Crippen molar-refractivity contribution in [1.82, 2.24) is 0 Å². The molecule has 0 aliphatic heterocycles. The van der Waals surface area contributed by atoms with Crippen LogP contribution in [0.3, 0.4) is 0 Å². The normalized spacial score (nSPS) is 10.3. The van der Waals surface area contributed by atoms with Crippen LogP contribution in [0.25, 0.3) is 11.1 Å². The van der Waals surface area contributed by atoms with Gasteiger partial charge in [0.15, 0.2) is 0 Å². The zero-order valence-electron chi connectivity index (χ0n) is 5.92. The van der Waals surface area contributed by atoms with E-state index in [9.17, 15) is 4.39 Å². The minimum absolute atomic E-state index is 0.193. The van der Waals surface area contributed by atoms with Gasteiger partial charge in [0, 0.05) is 0 Å². The molecule has 0 saturated heterocycles. The molecular formula is C10H7F. The van der Waals surface area contributed by atoms with Crippen LogP contribution in [0.5, 0.6) is 0 Å². The smallest absolute Gasteiger partial charge is 0.123 e. The second-order valence-corrected chi connectivity index (χ2v) is 2.49. The summed E-state index contributed by atoms with van der Waals surface area (Å²) in [6.07, 6.45) is 0. The van der Waals surface area contributed by atoms with E-state index in [0.29, 0.717) is 0 Å². The van der Waals surface area contributed by atoms with Gasteiger partial charge in [0.1, 0.15) is 5.82 Å². The van der Waals surface area contributed by atoms with Crippen molar-refractivity contribution in [2.45, 2.75) is 0 Å². The Balaban J connectivity index is 2.71. The first-order valence-electron chi connectivity index (χ1n) is 3.50. The fraction of sp³-hybridized carbons (Fsp3) is 0. The van der Waals surface area contributed by atoms with Gasteiger partial charge >= 0.3 is 0 Å². The van der Waals surface area contributed by atoms with Crippen LogP contribution in [0.2, 0.25) is 0 Å². The SMILES string of the molecule is Fc1ccc2cccc-2cc1. The zero-order chi connectivity index (χ0) is 7.68. The number of rotatable bonds is 0. The molecule has 0 N–H and O–H groups in total. The number of hydrogen-bond acceptors (Lipinski definition) is 0. The summed E-state index contributed by atoms with van der Waals surface area (Å²) in [4.78, 5) is 0. The summed E-state index contributed by atoms with van der Waals surface area (Å²) in [5.74, 6) is -0.193. The first kappa shape index (κ1) is 6.35. The summed E-state index contributed by atoms with van der Waals surface area (Å²) in [6, 6.07) is 12.4. The van der Waals surface area contributed by atoms with E-state index in [1.165, 1.54) is 12.1 Å². The minimum Gasteiger partial charge on any atom is -0.207 e. The lowest BCUT2D eigenvalue weighted by molar-refractivity contribution is 0.629. The van der Waals surface area contributed by atoms with Crippen molar-refractivity contribution in [3.05, 3.63) is 48.3 Å².